The summed E-state index contributed by atoms with van der Waals surface area (Å²) in [7, 11) is 0. The van der Waals surface area contributed by atoms with E-state index >= 15 is 0 Å². The van der Waals surface area contributed by atoms with Gasteiger partial charge in [-0.25, -0.2) is 4.98 Å². The number of carbonyl (C=O) groups is 1. The van der Waals surface area contributed by atoms with E-state index in [0.717, 1.165) is 21.7 Å². The molecule has 0 aliphatic rings. The average molecular weight is 374 g/mol. The SMILES string of the molecule is CCN(C(C)=O)c1nc(CSc2nncn2-c2ccccc2C)cs1. The Morgan fingerprint density at radius 1 is 1.36 bits per heavy atom. The van der Waals surface area contributed by atoms with Crippen LogP contribution in [-0.2, 0) is 10.5 Å². The first kappa shape index (κ1) is 17.6. The summed E-state index contributed by atoms with van der Waals surface area (Å²) in [5.41, 5.74) is 3.17. The molecule has 25 heavy (non-hydrogen) atoms. The normalized spacial score (nSPS) is 10.8. The van der Waals surface area contributed by atoms with Gasteiger partial charge in [0.25, 0.3) is 0 Å². The second kappa shape index (κ2) is 7.79. The topological polar surface area (TPSA) is 63.9 Å². The van der Waals surface area contributed by atoms with Crippen molar-refractivity contribution in [3.8, 4) is 5.69 Å². The van der Waals surface area contributed by atoms with Crippen molar-refractivity contribution >= 4 is 34.1 Å². The number of rotatable bonds is 6. The minimum absolute atomic E-state index is 0.00958. The number of thiazole rings is 1. The van der Waals surface area contributed by atoms with E-state index in [2.05, 4.69) is 34.2 Å². The smallest absolute Gasteiger partial charge is 0.225 e. The number of carbonyl (C=O) groups excluding carboxylic acids is 1. The summed E-state index contributed by atoms with van der Waals surface area (Å²) in [5, 5.41) is 11.8. The van der Waals surface area contributed by atoms with E-state index in [4.69, 9.17) is 0 Å². The zero-order valence-corrected chi connectivity index (χ0v) is 16.0. The fraction of sp³-hybridized carbons (Fsp3) is 0.294. The lowest BCUT2D eigenvalue weighted by atomic mass is 10.2. The molecule has 3 aromatic rings. The molecule has 0 unspecified atom stereocenters. The Hall–Kier alpha value is -2.19. The van der Waals surface area contributed by atoms with Gasteiger partial charge in [-0.15, -0.1) is 21.5 Å². The molecule has 8 heteroatoms. The van der Waals surface area contributed by atoms with Crippen LogP contribution in [0.3, 0.4) is 0 Å². The van der Waals surface area contributed by atoms with Crippen molar-refractivity contribution < 1.29 is 4.79 Å². The quantitative estimate of drug-likeness (QED) is 0.617. The molecule has 0 aliphatic heterocycles. The van der Waals surface area contributed by atoms with Crippen molar-refractivity contribution in [2.24, 2.45) is 0 Å². The number of amides is 1. The predicted octanol–water partition coefficient (Wildman–Crippen LogP) is 3.70. The highest BCUT2D eigenvalue weighted by molar-refractivity contribution is 7.98. The van der Waals surface area contributed by atoms with Crippen molar-refractivity contribution in [1.29, 1.82) is 0 Å². The number of nitrogens with zero attached hydrogens (tertiary/aromatic N) is 5. The summed E-state index contributed by atoms with van der Waals surface area (Å²) in [4.78, 5) is 17.9. The van der Waals surface area contributed by atoms with Gasteiger partial charge in [-0.05, 0) is 25.5 Å². The number of aromatic nitrogens is 4. The van der Waals surface area contributed by atoms with E-state index < -0.39 is 0 Å². The number of aryl methyl sites for hydroxylation is 1. The fourth-order valence-corrected chi connectivity index (χ4v) is 4.29. The first-order valence-electron chi connectivity index (χ1n) is 7.91. The van der Waals surface area contributed by atoms with E-state index in [1.54, 1.807) is 29.9 Å². The van der Waals surface area contributed by atoms with Crippen LogP contribution in [0.1, 0.15) is 25.1 Å². The molecule has 0 atom stereocenters. The average Bonchev–Trinajstić information content (AvgIpc) is 3.23. The van der Waals surface area contributed by atoms with Gasteiger partial charge in [0.05, 0.1) is 11.4 Å². The maximum Gasteiger partial charge on any atom is 0.225 e. The highest BCUT2D eigenvalue weighted by Gasteiger charge is 2.15. The molecular formula is C17H19N5OS2. The summed E-state index contributed by atoms with van der Waals surface area (Å²) in [6.07, 6.45) is 1.73. The maximum atomic E-state index is 11.6. The summed E-state index contributed by atoms with van der Waals surface area (Å²) in [5.74, 6) is 0.687. The number of anilines is 1. The summed E-state index contributed by atoms with van der Waals surface area (Å²) >= 11 is 3.07. The van der Waals surface area contributed by atoms with Crippen LogP contribution in [0.2, 0.25) is 0 Å². The number of hydrogen-bond acceptors (Lipinski definition) is 6. The molecule has 0 spiro atoms. The Labute approximate surface area is 154 Å². The van der Waals surface area contributed by atoms with Crippen molar-refractivity contribution in [2.45, 2.75) is 31.7 Å². The Morgan fingerprint density at radius 3 is 2.88 bits per heavy atom. The van der Waals surface area contributed by atoms with Crippen LogP contribution >= 0.6 is 23.1 Å². The van der Waals surface area contributed by atoms with Gasteiger partial charge in [-0.2, -0.15) is 0 Å². The van der Waals surface area contributed by atoms with Crippen LogP contribution in [-0.4, -0.2) is 32.2 Å². The Bertz CT molecular complexity index is 873. The predicted molar refractivity (Wildman–Crippen MR) is 101 cm³/mol. The van der Waals surface area contributed by atoms with E-state index in [9.17, 15) is 4.79 Å². The molecule has 2 aromatic heterocycles. The van der Waals surface area contributed by atoms with Crippen molar-refractivity contribution in [2.75, 3.05) is 11.4 Å². The van der Waals surface area contributed by atoms with E-state index in [0.29, 0.717) is 12.3 Å². The lowest BCUT2D eigenvalue weighted by molar-refractivity contribution is -0.116. The van der Waals surface area contributed by atoms with Gasteiger partial charge in [-0.1, -0.05) is 30.0 Å². The third kappa shape index (κ3) is 3.91. The largest absolute Gasteiger partial charge is 0.289 e. The van der Waals surface area contributed by atoms with Crippen LogP contribution in [0, 0.1) is 6.92 Å². The minimum Gasteiger partial charge on any atom is -0.289 e. The molecule has 1 aromatic carbocycles. The van der Waals surface area contributed by atoms with Crippen molar-refractivity contribution in [1.82, 2.24) is 19.7 Å². The van der Waals surface area contributed by atoms with Gasteiger partial charge < -0.3 is 0 Å². The Balaban J connectivity index is 1.74. The third-order valence-corrected chi connectivity index (χ3v) is 5.60. The third-order valence-electron chi connectivity index (χ3n) is 3.71. The summed E-state index contributed by atoms with van der Waals surface area (Å²) < 4.78 is 1.99. The van der Waals surface area contributed by atoms with Crippen LogP contribution < -0.4 is 4.90 Å². The number of benzene rings is 1. The molecule has 3 rings (SSSR count). The first-order chi connectivity index (χ1) is 12.1. The van der Waals surface area contributed by atoms with Gasteiger partial charge >= 0.3 is 0 Å². The van der Waals surface area contributed by atoms with Gasteiger partial charge in [0.2, 0.25) is 5.91 Å². The van der Waals surface area contributed by atoms with E-state index in [-0.39, 0.29) is 5.91 Å². The first-order valence-corrected chi connectivity index (χ1v) is 9.78. The molecule has 130 valence electrons. The van der Waals surface area contributed by atoms with Crippen molar-refractivity contribution in [3.63, 3.8) is 0 Å². The molecule has 0 saturated heterocycles. The van der Waals surface area contributed by atoms with Crippen LogP contribution in [0.15, 0.2) is 41.1 Å². The lowest BCUT2D eigenvalue weighted by Gasteiger charge is -2.14. The maximum absolute atomic E-state index is 11.6. The zero-order valence-electron chi connectivity index (χ0n) is 14.3. The highest BCUT2D eigenvalue weighted by Crippen LogP contribution is 2.27. The molecule has 6 nitrogen and oxygen atoms in total. The molecular weight excluding hydrogens is 354 g/mol. The number of para-hydroxylation sites is 1. The zero-order chi connectivity index (χ0) is 17.8. The second-order valence-electron chi connectivity index (χ2n) is 5.44. The molecule has 0 radical (unpaired) electrons. The van der Waals surface area contributed by atoms with Gasteiger partial charge in [0.15, 0.2) is 10.3 Å². The number of hydrogen-bond donors (Lipinski definition) is 0. The van der Waals surface area contributed by atoms with Crippen LogP contribution in [0.5, 0.6) is 0 Å². The van der Waals surface area contributed by atoms with E-state index in [1.165, 1.54) is 16.9 Å². The Kier molecular flexibility index (Phi) is 5.50. The molecule has 0 aliphatic carbocycles. The van der Waals surface area contributed by atoms with Crippen molar-refractivity contribution in [3.05, 3.63) is 47.2 Å². The van der Waals surface area contributed by atoms with Crippen LogP contribution in [0.25, 0.3) is 5.69 Å². The van der Waals surface area contributed by atoms with Gasteiger partial charge in [0, 0.05) is 24.6 Å². The molecule has 0 bridgehead atoms. The molecule has 1 amide bonds. The molecule has 2 heterocycles. The van der Waals surface area contributed by atoms with Gasteiger partial charge in [-0.3, -0.25) is 14.3 Å². The second-order valence-corrected chi connectivity index (χ2v) is 7.22. The van der Waals surface area contributed by atoms with Crippen LogP contribution in [0.4, 0.5) is 5.13 Å². The molecule has 0 fully saturated rings. The van der Waals surface area contributed by atoms with Gasteiger partial charge in [0.1, 0.15) is 6.33 Å². The Morgan fingerprint density at radius 2 is 2.16 bits per heavy atom. The summed E-state index contributed by atoms with van der Waals surface area (Å²) in [6, 6.07) is 8.14. The monoisotopic (exact) mass is 373 g/mol. The highest BCUT2D eigenvalue weighted by atomic mass is 32.2. The standard InChI is InChI=1S/C17H19N5OS2/c1-4-21(13(3)23)16-19-14(9-24-16)10-25-17-20-18-11-22(17)15-8-6-5-7-12(15)2/h5-9,11H,4,10H2,1-3H3. The number of thioether (sulfide) groups is 1. The molecule has 0 N–H and O–H groups in total. The lowest BCUT2D eigenvalue weighted by Crippen LogP contribution is -2.27. The molecule has 0 saturated carbocycles. The van der Waals surface area contributed by atoms with E-state index in [1.807, 2.05) is 29.0 Å². The fourth-order valence-electron chi connectivity index (χ4n) is 2.44. The summed E-state index contributed by atoms with van der Waals surface area (Å²) in [6.45, 7) is 6.19. The minimum atomic E-state index is 0.00958.